The average Bonchev–Trinajstić information content (AvgIpc) is 2.95. The molecule has 0 aliphatic heterocycles. The van der Waals surface area contributed by atoms with Crippen LogP contribution in [0.3, 0.4) is 0 Å². The summed E-state index contributed by atoms with van der Waals surface area (Å²) in [5, 5.41) is 3.86. The molecule has 96 valence electrons. The van der Waals surface area contributed by atoms with Gasteiger partial charge in [0.05, 0.1) is 19.3 Å². The molecule has 0 amide bonds. The van der Waals surface area contributed by atoms with E-state index in [9.17, 15) is 0 Å². The Balaban J connectivity index is 1.57. The zero-order valence-electron chi connectivity index (χ0n) is 10.6. The highest BCUT2D eigenvalue weighted by atomic mass is 16.5. The van der Waals surface area contributed by atoms with Crippen molar-refractivity contribution in [2.75, 3.05) is 7.05 Å². The van der Waals surface area contributed by atoms with Crippen molar-refractivity contribution in [1.82, 2.24) is 20.0 Å². The maximum atomic E-state index is 5.70. The monoisotopic (exact) mass is 248 g/mol. The summed E-state index contributed by atoms with van der Waals surface area (Å²) < 4.78 is 10.6. The second kappa shape index (κ2) is 4.53. The summed E-state index contributed by atoms with van der Waals surface area (Å²) >= 11 is 0. The second-order valence-electron chi connectivity index (χ2n) is 4.83. The van der Waals surface area contributed by atoms with Crippen LogP contribution in [-0.4, -0.2) is 27.1 Å². The third-order valence-corrected chi connectivity index (χ3v) is 2.94. The van der Waals surface area contributed by atoms with E-state index >= 15 is 0 Å². The Hall–Kier alpha value is -1.69. The fourth-order valence-electron chi connectivity index (χ4n) is 1.89. The molecule has 6 nitrogen and oxygen atoms in total. The topological polar surface area (TPSA) is 68.2 Å². The molecule has 0 N–H and O–H groups in total. The van der Waals surface area contributed by atoms with Gasteiger partial charge in [-0.05, 0) is 19.9 Å². The lowest BCUT2D eigenvalue weighted by atomic mass is 10.3. The molecular weight excluding hydrogens is 232 g/mol. The molecule has 2 aromatic rings. The van der Waals surface area contributed by atoms with Crippen LogP contribution < -0.4 is 0 Å². The van der Waals surface area contributed by atoms with Gasteiger partial charge < -0.3 is 8.94 Å². The van der Waals surface area contributed by atoms with Crippen molar-refractivity contribution in [3.63, 3.8) is 0 Å². The van der Waals surface area contributed by atoms with Gasteiger partial charge in [0, 0.05) is 12.8 Å². The van der Waals surface area contributed by atoms with E-state index in [-0.39, 0.29) is 0 Å². The van der Waals surface area contributed by atoms with Crippen molar-refractivity contribution in [2.45, 2.75) is 38.8 Å². The van der Waals surface area contributed by atoms with Crippen molar-refractivity contribution in [2.24, 2.45) is 0 Å². The minimum atomic E-state index is 0.588. The first kappa shape index (κ1) is 11.4. The summed E-state index contributed by atoms with van der Waals surface area (Å²) in [6, 6.07) is 0. The molecule has 0 bridgehead atoms. The summed E-state index contributed by atoms with van der Waals surface area (Å²) in [5.41, 5.74) is 0. The lowest BCUT2D eigenvalue weighted by molar-refractivity contribution is 0.266. The van der Waals surface area contributed by atoms with Gasteiger partial charge in [-0.15, -0.1) is 0 Å². The number of oxazole rings is 1. The van der Waals surface area contributed by atoms with Crippen LogP contribution in [0.2, 0.25) is 0 Å². The van der Waals surface area contributed by atoms with Gasteiger partial charge in [0.2, 0.25) is 11.8 Å². The molecule has 0 radical (unpaired) electrons. The van der Waals surface area contributed by atoms with Crippen LogP contribution in [0.4, 0.5) is 0 Å². The molecule has 6 heteroatoms. The molecule has 1 aliphatic rings. The summed E-state index contributed by atoms with van der Waals surface area (Å²) in [4.78, 5) is 10.5. The first-order valence-corrected chi connectivity index (χ1v) is 6.13. The lowest BCUT2D eigenvalue weighted by Crippen LogP contribution is -2.18. The molecule has 0 unspecified atom stereocenters. The maximum Gasteiger partial charge on any atom is 0.223 e. The second-order valence-corrected chi connectivity index (χ2v) is 4.83. The van der Waals surface area contributed by atoms with Gasteiger partial charge in [-0.1, -0.05) is 5.16 Å². The summed E-state index contributed by atoms with van der Waals surface area (Å²) in [6.45, 7) is 3.06. The zero-order valence-corrected chi connectivity index (χ0v) is 10.6. The Morgan fingerprint density at radius 2 is 2.22 bits per heavy atom. The van der Waals surface area contributed by atoms with Crippen LogP contribution >= 0.6 is 0 Å². The van der Waals surface area contributed by atoms with Crippen LogP contribution in [0, 0.1) is 6.92 Å². The van der Waals surface area contributed by atoms with E-state index in [0.717, 1.165) is 11.7 Å². The first-order valence-electron chi connectivity index (χ1n) is 6.13. The summed E-state index contributed by atoms with van der Waals surface area (Å²) in [7, 11) is 1.98. The molecule has 0 spiro atoms. The van der Waals surface area contributed by atoms with E-state index in [4.69, 9.17) is 8.94 Å². The molecule has 1 fully saturated rings. The molecule has 1 saturated carbocycles. The number of aromatic nitrogens is 3. The fraction of sp³-hybridized carbons (Fsp3) is 0.583. The SMILES string of the molecule is Cc1nc(CN(C)Cc2ncc(C3CC3)o2)no1. The van der Waals surface area contributed by atoms with Crippen LogP contribution in [0.5, 0.6) is 0 Å². The normalized spacial score (nSPS) is 15.5. The summed E-state index contributed by atoms with van der Waals surface area (Å²) in [5.74, 6) is 3.65. The van der Waals surface area contributed by atoms with E-state index in [1.807, 2.05) is 18.1 Å². The predicted molar refractivity (Wildman–Crippen MR) is 62.7 cm³/mol. The number of hydrogen-bond acceptors (Lipinski definition) is 6. The van der Waals surface area contributed by atoms with Gasteiger partial charge in [0.1, 0.15) is 5.76 Å². The Morgan fingerprint density at radius 3 is 2.89 bits per heavy atom. The molecule has 3 rings (SSSR count). The van der Waals surface area contributed by atoms with Crippen molar-refractivity contribution >= 4 is 0 Å². The number of rotatable bonds is 5. The largest absolute Gasteiger partial charge is 0.444 e. The minimum absolute atomic E-state index is 0.588. The first-order chi connectivity index (χ1) is 8.70. The van der Waals surface area contributed by atoms with E-state index < -0.39 is 0 Å². The standard InChI is InChI=1S/C12H16N4O2/c1-8-14-11(15-18-8)6-16(2)7-12-13-5-10(17-12)9-3-4-9/h5,9H,3-4,6-7H2,1-2H3. The molecule has 2 heterocycles. The third kappa shape index (κ3) is 2.59. The van der Waals surface area contributed by atoms with Crippen LogP contribution in [-0.2, 0) is 13.1 Å². The van der Waals surface area contributed by atoms with E-state index in [1.54, 1.807) is 6.92 Å². The van der Waals surface area contributed by atoms with Gasteiger partial charge in [-0.25, -0.2) is 4.98 Å². The Morgan fingerprint density at radius 1 is 1.39 bits per heavy atom. The number of nitrogens with zero attached hydrogens (tertiary/aromatic N) is 4. The van der Waals surface area contributed by atoms with Crippen LogP contribution in [0.15, 0.2) is 15.1 Å². The Kier molecular flexibility index (Phi) is 2.87. The van der Waals surface area contributed by atoms with Gasteiger partial charge in [0.25, 0.3) is 0 Å². The predicted octanol–water partition coefficient (Wildman–Crippen LogP) is 1.88. The number of aryl methyl sites for hydroxylation is 1. The van der Waals surface area contributed by atoms with Crippen LogP contribution in [0.1, 0.15) is 42.1 Å². The van der Waals surface area contributed by atoms with Crippen molar-refractivity contribution in [3.8, 4) is 0 Å². The fourth-order valence-corrected chi connectivity index (χ4v) is 1.89. The van der Waals surface area contributed by atoms with Gasteiger partial charge >= 0.3 is 0 Å². The quantitative estimate of drug-likeness (QED) is 0.804. The number of hydrogen-bond donors (Lipinski definition) is 0. The van der Waals surface area contributed by atoms with Gasteiger partial charge in [0.15, 0.2) is 5.82 Å². The van der Waals surface area contributed by atoms with Crippen LogP contribution in [0.25, 0.3) is 0 Å². The highest BCUT2D eigenvalue weighted by Gasteiger charge is 2.27. The van der Waals surface area contributed by atoms with Crippen molar-refractivity contribution in [3.05, 3.63) is 29.6 Å². The molecular formula is C12H16N4O2. The highest BCUT2D eigenvalue weighted by Crippen LogP contribution is 2.40. The van der Waals surface area contributed by atoms with Gasteiger partial charge in [-0.3, -0.25) is 4.90 Å². The summed E-state index contributed by atoms with van der Waals surface area (Å²) in [6.07, 6.45) is 4.30. The molecule has 0 atom stereocenters. The minimum Gasteiger partial charge on any atom is -0.444 e. The smallest absolute Gasteiger partial charge is 0.223 e. The third-order valence-electron chi connectivity index (χ3n) is 2.94. The molecule has 2 aromatic heterocycles. The maximum absolute atomic E-state index is 5.70. The lowest BCUT2D eigenvalue weighted by Gasteiger charge is -2.11. The Labute approximate surface area is 105 Å². The van der Waals surface area contributed by atoms with Gasteiger partial charge in [-0.2, -0.15) is 4.98 Å². The van der Waals surface area contributed by atoms with E-state index in [2.05, 4.69) is 15.1 Å². The molecule has 0 aromatic carbocycles. The van der Waals surface area contributed by atoms with E-state index in [1.165, 1.54) is 12.8 Å². The highest BCUT2D eigenvalue weighted by molar-refractivity contribution is 5.08. The molecule has 1 aliphatic carbocycles. The molecule has 0 saturated heterocycles. The average molecular weight is 248 g/mol. The van der Waals surface area contributed by atoms with Crippen molar-refractivity contribution in [1.29, 1.82) is 0 Å². The van der Waals surface area contributed by atoms with E-state index in [0.29, 0.717) is 30.7 Å². The molecule has 18 heavy (non-hydrogen) atoms. The van der Waals surface area contributed by atoms with Crippen molar-refractivity contribution < 1.29 is 8.94 Å². The zero-order chi connectivity index (χ0) is 12.5. The Bertz CT molecular complexity index is 530.